The Bertz CT molecular complexity index is 947. The Hall–Kier alpha value is -3.48. The highest BCUT2D eigenvalue weighted by atomic mass is 16.5. The van der Waals surface area contributed by atoms with Crippen molar-refractivity contribution in [3.63, 3.8) is 0 Å². The van der Waals surface area contributed by atoms with Gasteiger partial charge in [0.05, 0.1) is 20.4 Å². The zero-order valence-corrected chi connectivity index (χ0v) is 13.7. The topological polar surface area (TPSA) is 95.9 Å². The SMILES string of the molecule is COc1ccc(/C=N/NC(=O)c2cc3c(OC)cccc3[nH]2)cc1O. The van der Waals surface area contributed by atoms with E-state index in [1.165, 1.54) is 19.4 Å². The number of phenolic OH excluding ortho intramolecular Hbond substituents is 1. The summed E-state index contributed by atoms with van der Waals surface area (Å²) in [7, 11) is 3.05. The number of aromatic amines is 1. The van der Waals surface area contributed by atoms with Crippen molar-refractivity contribution in [3.05, 3.63) is 53.7 Å². The number of carbonyl (C=O) groups is 1. The molecule has 7 nitrogen and oxygen atoms in total. The lowest BCUT2D eigenvalue weighted by atomic mass is 10.2. The molecule has 0 atom stereocenters. The van der Waals surface area contributed by atoms with E-state index in [1.807, 2.05) is 18.2 Å². The van der Waals surface area contributed by atoms with E-state index < -0.39 is 0 Å². The molecule has 0 aliphatic heterocycles. The number of phenols is 1. The average molecular weight is 339 g/mol. The van der Waals surface area contributed by atoms with Crippen LogP contribution in [0, 0.1) is 0 Å². The number of nitrogens with zero attached hydrogens (tertiary/aromatic N) is 1. The van der Waals surface area contributed by atoms with Gasteiger partial charge in [0.1, 0.15) is 11.4 Å². The number of aromatic nitrogens is 1. The van der Waals surface area contributed by atoms with Crippen LogP contribution >= 0.6 is 0 Å². The number of rotatable bonds is 5. The van der Waals surface area contributed by atoms with Gasteiger partial charge >= 0.3 is 0 Å². The smallest absolute Gasteiger partial charge is 0.287 e. The lowest BCUT2D eigenvalue weighted by molar-refractivity contribution is 0.0951. The van der Waals surface area contributed by atoms with Crippen molar-refractivity contribution in [1.82, 2.24) is 10.4 Å². The molecule has 0 aliphatic rings. The molecule has 0 aliphatic carbocycles. The Morgan fingerprint density at radius 3 is 2.68 bits per heavy atom. The molecule has 1 aromatic heterocycles. The van der Waals surface area contributed by atoms with Gasteiger partial charge in [-0.05, 0) is 42.0 Å². The zero-order chi connectivity index (χ0) is 17.8. The van der Waals surface area contributed by atoms with Crippen LogP contribution in [-0.4, -0.2) is 36.4 Å². The van der Waals surface area contributed by atoms with Crippen LogP contribution in [0.25, 0.3) is 10.9 Å². The van der Waals surface area contributed by atoms with Crippen molar-refractivity contribution in [2.45, 2.75) is 0 Å². The van der Waals surface area contributed by atoms with Crippen molar-refractivity contribution < 1.29 is 19.4 Å². The van der Waals surface area contributed by atoms with Crippen LogP contribution in [0.5, 0.6) is 17.2 Å². The Morgan fingerprint density at radius 2 is 1.96 bits per heavy atom. The fourth-order valence-electron chi connectivity index (χ4n) is 2.44. The summed E-state index contributed by atoms with van der Waals surface area (Å²) in [4.78, 5) is 15.2. The molecule has 0 radical (unpaired) electrons. The molecule has 0 spiro atoms. The summed E-state index contributed by atoms with van der Waals surface area (Å²) in [6.07, 6.45) is 1.43. The Kier molecular flexibility index (Phi) is 4.56. The molecule has 0 saturated heterocycles. The first kappa shape index (κ1) is 16.4. The normalized spacial score (nSPS) is 11.0. The molecule has 3 N–H and O–H groups in total. The fourth-order valence-corrected chi connectivity index (χ4v) is 2.44. The summed E-state index contributed by atoms with van der Waals surface area (Å²) in [5.41, 5.74) is 4.23. The number of hydrazone groups is 1. The van der Waals surface area contributed by atoms with Gasteiger partial charge in [-0.25, -0.2) is 5.43 Å². The van der Waals surface area contributed by atoms with Gasteiger partial charge in [0.25, 0.3) is 5.91 Å². The molecule has 3 rings (SSSR count). The fraction of sp³-hybridized carbons (Fsp3) is 0.111. The van der Waals surface area contributed by atoms with Gasteiger partial charge in [0.15, 0.2) is 11.5 Å². The number of ether oxygens (including phenoxy) is 2. The zero-order valence-electron chi connectivity index (χ0n) is 13.7. The van der Waals surface area contributed by atoms with E-state index in [1.54, 1.807) is 25.3 Å². The molecule has 0 fully saturated rings. The molecule has 1 amide bonds. The predicted molar refractivity (Wildman–Crippen MR) is 94.6 cm³/mol. The summed E-state index contributed by atoms with van der Waals surface area (Å²) in [6, 6.07) is 12.0. The van der Waals surface area contributed by atoms with E-state index in [2.05, 4.69) is 15.5 Å². The van der Waals surface area contributed by atoms with Gasteiger partial charge in [0.2, 0.25) is 0 Å². The standard InChI is InChI=1S/C18H17N3O4/c1-24-16-5-3-4-13-12(16)9-14(20-13)18(23)21-19-10-11-6-7-17(25-2)15(22)8-11/h3-10,20,22H,1-2H3,(H,21,23)/b19-10+. The molecular weight excluding hydrogens is 322 g/mol. The maximum absolute atomic E-state index is 12.2. The van der Waals surface area contributed by atoms with Crippen molar-refractivity contribution >= 4 is 23.0 Å². The van der Waals surface area contributed by atoms with Crippen molar-refractivity contribution in [2.75, 3.05) is 14.2 Å². The third kappa shape index (κ3) is 3.40. The number of hydrogen-bond acceptors (Lipinski definition) is 5. The minimum atomic E-state index is -0.382. The van der Waals surface area contributed by atoms with Crippen molar-refractivity contribution in [2.24, 2.45) is 5.10 Å². The quantitative estimate of drug-likeness (QED) is 0.492. The van der Waals surface area contributed by atoms with Crippen LogP contribution < -0.4 is 14.9 Å². The van der Waals surface area contributed by atoms with E-state index in [-0.39, 0.29) is 11.7 Å². The van der Waals surface area contributed by atoms with Crippen molar-refractivity contribution in [3.8, 4) is 17.2 Å². The Morgan fingerprint density at radius 1 is 1.16 bits per heavy atom. The van der Waals surface area contributed by atoms with Crippen LogP contribution in [-0.2, 0) is 0 Å². The molecule has 0 unspecified atom stereocenters. The summed E-state index contributed by atoms with van der Waals surface area (Å²) in [5, 5.41) is 14.4. The summed E-state index contributed by atoms with van der Waals surface area (Å²) >= 11 is 0. The molecule has 0 bridgehead atoms. The average Bonchev–Trinajstić information content (AvgIpc) is 3.06. The number of fused-ring (bicyclic) bond motifs is 1. The van der Waals surface area contributed by atoms with Gasteiger partial charge < -0.3 is 19.6 Å². The van der Waals surface area contributed by atoms with Gasteiger partial charge in [-0.1, -0.05) is 6.07 Å². The second-order valence-electron chi connectivity index (χ2n) is 5.23. The predicted octanol–water partition coefficient (Wildman–Crippen LogP) is 2.65. The lowest BCUT2D eigenvalue weighted by Crippen LogP contribution is -2.17. The summed E-state index contributed by atoms with van der Waals surface area (Å²) < 4.78 is 10.2. The minimum absolute atomic E-state index is 0.000453. The van der Waals surface area contributed by atoms with Gasteiger partial charge in [-0.3, -0.25) is 4.79 Å². The second kappa shape index (κ2) is 6.96. The minimum Gasteiger partial charge on any atom is -0.504 e. The number of benzene rings is 2. The van der Waals surface area contributed by atoms with E-state index in [0.717, 1.165) is 10.9 Å². The van der Waals surface area contributed by atoms with Gasteiger partial charge in [-0.15, -0.1) is 0 Å². The van der Waals surface area contributed by atoms with Crippen LogP contribution in [0.3, 0.4) is 0 Å². The number of carbonyl (C=O) groups excluding carboxylic acids is 1. The van der Waals surface area contributed by atoms with Crippen LogP contribution in [0.2, 0.25) is 0 Å². The number of amides is 1. The molecule has 1 heterocycles. The largest absolute Gasteiger partial charge is 0.504 e. The maximum atomic E-state index is 12.2. The summed E-state index contributed by atoms with van der Waals surface area (Å²) in [6.45, 7) is 0. The van der Waals surface area contributed by atoms with Crippen LogP contribution in [0.1, 0.15) is 16.1 Å². The van der Waals surface area contributed by atoms with E-state index >= 15 is 0 Å². The molecular formula is C18H17N3O4. The molecule has 25 heavy (non-hydrogen) atoms. The van der Waals surface area contributed by atoms with Gasteiger partial charge in [0, 0.05) is 10.9 Å². The number of H-pyrrole nitrogens is 1. The summed E-state index contributed by atoms with van der Waals surface area (Å²) in [5.74, 6) is 0.672. The number of nitrogens with one attached hydrogen (secondary N) is 2. The monoisotopic (exact) mass is 339 g/mol. The molecule has 7 heteroatoms. The first-order chi connectivity index (χ1) is 12.1. The van der Waals surface area contributed by atoms with E-state index in [9.17, 15) is 9.90 Å². The van der Waals surface area contributed by atoms with E-state index in [4.69, 9.17) is 9.47 Å². The van der Waals surface area contributed by atoms with Crippen LogP contribution in [0.4, 0.5) is 0 Å². The lowest BCUT2D eigenvalue weighted by Gasteiger charge is -2.03. The number of hydrogen-bond donors (Lipinski definition) is 3. The van der Waals surface area contributed by atoms with E-state index in [0.29, 0.717) is 22.8 Å². The first-order valence-electron chi connectivity index (χ1n) is 7.48. The van der Waals surface area contributed by atoms with Crippen molar-refractivity contribution in [1.29, 1.82) is 0 Å². The number of methoxy groups -OCH3 is 2. The molecule has 0 saturated carbocycles. The van der Waals surface area contributed by atoms with Gasteiger partial charge in [-0.2, -0.15) is 5.10 Å². The highest BCUT2D eigenvalue weighted by Gasteiger charge is 2.11. The third-order valence-electron chi connectivity index (χ3n) is 3.67. The Balaban J connectivity index is 1.73. The number of aromatic hydroxyl groups is 1. The highest BCUT2D eigenvalue weighted by molar-refractivity contribution is 6.00. The molecule has 2 aromatic carbocycles. The molecule has 3 aromatic rings. The molecule has 128 valence electrons. The van der Waals surface area contributed by atoms with Crippen LogP contribution in [0.15, 0.2) is 47.6 Å². The first-order valence-corrected chi connectivity index (χ1v) is 7.48. The highest BCUT2D eigenvalue weighted by Crippen LogP contribution is 2.26. The maximum Gasteiger partial charge on any atom is 0.287 e. The third-order valence-corrected chi connectivity index (χ3v) is 3.67. The second-order valence-corrected chi connectivity index (χ2v) is 5.23. The Labute approximate surface area is 143 Å².